The molecule has 0 saturated heterocycles. The Morgan fingerprint density at radius 1 is 1.26 bits per heavy atom. The van der Waals surface area contributed by atoms with E-state index in [4.69, 9.17) is 10.8 Å². The Labute approximate surface area is 109 Å². The highest BCUT2D eigenvalue weighted by Crippen LogP contribution is 2.29. The maximum Gasteiger partial charge on any atom is 0.416 e. The molecule has 1 aromatic rings. The second-order valence-electron chi connectivity index (χ2n) is 4.36. The van der Waals surface area contributed by atoms with E-state index in [0.29, 0.717) is 24.9 Å². The van der Waals surface area contributed by atoms with E-state index in [1.165, 1.54) is 12.1 Å². The second kappa shape index (κ2) is 6.56. The van der Waals surface area contributed by atoms with E-state index in [9.17, 15) is 18.0 Å². The van der Waals surface area contributed by atoms with E-state index in [2.05, 4.69) is 0 Å². The van der Waals surface area contributed by atoms with Crippen molar-refractivity contribution in [2.24, 2.45) is 11.7 Å². The van der Waals surface area contributed by atoms with Crippen LogP contribution >= 0.6 is 0 Å². The van der Waals surface area contributed by atoms with Crippen molar-refractivity contribution < 1.29 is 23.1 Å². The van der Waals surface area contributed by atoms with Crippen LogP contribution in [0.15, 0.2) is 24.3 Å². The summed E-state index contributed by atoms with van der Waals surface area (Å²) in [5.74, 6) is -1.56. The third-order valence-corrected chi connectivity index (χ3v) is 2.87. The van der Waals surface area contributed by atoms with Gasteiger partial charge in [-0.3, -0.25) is 4.79 Å². The molecule has 3 nitrogen and oxygen atoms in total. The minimum atomic E-state index is -4.37. The van der Waals surface area contributed by atoms with Crippen LogP contribution in [0.3, 0.4) is 0 Å². The molecular weight excluding hydrogens is 259 g/mol. The van der Waals surface area contributed by atoms with Crippen LogP contribution < -0.4 is 5.73 Å². The maximum atomic E-state index is 12.4. The fourth-order valence-corrected chi connectivity index (χ4v) is 1.79. The van der Waals surface area contributed by atoms with Gasteiger partial charge in [-0.1, -0.05) is 12.1 Å². The van der Waals surface area contributed by atoms with E-state index in [0.717, 1.165) is 12.1 Å². The lowest BCUT2D eigenvalue weighted by Crippen LogP contribution is -2.18. The monoisotopic (exact) mass is 275 g/mol. The molecule has 3 N–H and O–H groups in total. The van der Waals surface area contributed by atoms with Crippen molar-refractivity contribution in [3.8, 4) is 0 Å². The summed E-state index contributed by atoms with van der Waals surface area (Å²) in [5.41, 5.74) is 5.17. The van der Waals surface area contributed by atoms with E-state index in [1.807, 2.05) is 0 Å². The summed E-state index contributed by atoms with van der Waals surface area (Å²) in [6.07, 6.45) is -3.15. The van der Waals surface area contributed by atoms with E-state index >= 15 is 0 Å². The SMILES string of the molecule is NCCCC(Cc1ccc(C(F)(F)F)cc1)C(=O)O. The second-order valence-corrected chi connectivity index (χ2v) is 4.36. The fourth-order valence-electron chi connectivity index (χ4n) is 1.79. The van der Waals surface area contributed by atoms with Crippen LogP contribution in [0.25, 0.3) is 0 Å². The molecule has 0 spiro atoms. The summed E-state index contributed by atoms with van der Waals surface area (Å²) in [4.78, 5) is 11.0. The van der Waals surface area contributed by atoms with Gasteiger partial charge in [-0.15, -0.1) is 0 Å². The van der Waals surface area contributed by atoms with Gasteiger partial charge in [0.25, 0.3) is 0 Å². The van der Waals surface area contributed by atoms with Crippen LogP contribution in [0, 0.1) is 5.92 Å². The number of alkyl halides is 3. The van der Waals surface area contributed by atoms with Crippen LogP contribution in [-0.4, -0.2) is 17.6 Å². The molecule has 0 aliphatic carbocycles. The Hall–Kier alpha value is -1.56. The standard InChI is InChI=1S/C13H16F3NO2/c14-13(15,16)11-5-3-9(4-6-11)8-10(12(18)19)2-1-7-17/h3-6,10H,1-2,7-8,17H2,(H,18,19). The molecule has 0 saturated carbocycles. The topological polar surface area (TPSA) is 63.3 Å². The fraction of sp³-hybridized carbons (Fsp3) is 0.462. The third kappa shape index (κ3) is 4.90. The summed E-state index contributed by atoms with van der Waals surface area (Å²) >= 11 is 0. The van der Waals surface area contributed by atoms with Crippen LogP contribution in [0.5, 0.6) is 0 Å². The van der Waals surface area contributed by atoms with Crippen molar-refractivity contribution in [1.82, 2.24) is 0 Å². The van der Waals surface area contributed by atoms with Crippen molar-refractivity contribution in [2.45, 2.75) is 25.4 Å². The largest absolute Gasteiger partial charge is 0.481 e. The molecule has 1 atom stereocenters. The molecule has 106 valence electrons. The lowest BCUT2D eigenvalue weighted by Gasteiger charge is -2.12. The predicted octanol–water partition coefficient (Wildman–Crippen LogP) is 2.69. The summed E-state index contributed by atoms with van der Waals surface area (Å²) in [6.45, 7) is 0.400. The van der Waals surface area contributed by atoms with Gasteiger partial charge < -0.3 is 10.8 Å². The summed E-state index contributed by atoms with van der Waals surface area (Å²) in [6, 6.07) is 4.58. The van der Waals surface area contributed by atoms with Gasteiger partial charge >= 0.3 is 12.1 Å². The number of aliphatic carboxylic acids is 1. The number of carboxylic acids is 1. The number of hydrogen-bond acceptors (Lipinski definition) is 2. The zero-order chi connectivity index (χ0) is 14.5. The van der Waals surface area contributed by atoms with Crippen molar-refractivity contribution in [3.63, 3.8) is 0 Å². The number of carboxylic acid groups (broad SMARTS) is 1. The molecule has 1 aromatic carbocycles. The summed E-state index contributed by atoms with van der Waals surface area (Å²) in [5, 5.41) is 9.02. The van der Waals surface area contributed by atoms with E-state index in [1.54, 1.807) is 0 Å². The highest BCUT2D eigenvalue weighted by Gasteiger charge is 2.30. The molecule has 1 unspecified atom stereocenters. The molecular formula is C13H16F3NO2. The van der Waals surface area contributed by atoms with Crippen LogP contribution in [-0.2, 0) is 17.4 Å². The highest BCUT2D eigenvalue weighted by atomic mass is 19.4. The Morgan fingerprint density at radius 2 is 1.84 bits per heavy atom. The third-order valence-electron chi connectivity index (χ3n) is 2.87. The van der Waals surface area contributed by atoms with Gasteiger partial charge in [-0.2, -0.15) is 13.2 Å². The summed E-state index contributed by atoms with van der Waals surface area (Å²) < 4.78 is 37.1. The van der Waals surface area contributed by atoms with Crippen molar-refractivity contribution in [3.05, 3.63) is 35.4 Å². The highest BCUT2D eigenvalue weighted by molar-refractivity contribution is 5.70. The minimum Gasteiger partial charge on any atom is -0.481 e. The van der Waals surface area contributed by atoms with Gasteiger partial charge in [0.2, 0.25) is 0 Å². The molecule has 0 aliphatic heterocycles. The first kappa shape index (κ1) is 15.5. The van der Waals surface area contributed by atoms with Gasteiger partial charge in [-0.05, 0) is 43.5 Å². The van der Waals surface area contributed by atoms with Gasteiger partial charge in [0.1, 0.15) is 0 Å². The van der Waals surface area contributed by atoms with E-state index in [-0.39, 0.29) is 6.42 Å². The number of hydrogen-bond donors (Lipinski definition) is 2. The zero-order valence-corrected chi connectivity index (χ0v) is 10.3. The Balaban J connectivity index is 2.72. The molecule has 0 aromatic heterocycles. The van der Waals surface area contributed by atoms with Gasteiger partial charge in [0.05, 0.1) is 11.5 Å². The molecule has 0 fully saturated rings. The first-order valence-corrected chi connectivity index (χ1v) is 5.93. The van der Waals surface area contributed by atoms with Crippen LogP contribution in [0.1, 0.15) is 24.0 Å². The molecule has 19 heavy (non-hydrogen) atoms. The molecule has 0 amide bonds. The number of nitrogens with two attached hydrogens (primary N) is 1. The Bertz CT molecular complexity index is 415. The average Bonchev–Trinajstić information content (AvgIpc) is 2.33. The van der Waals surface area contributed by atoms with Crippen molar-refractivity contribution >= 4 is 5.97 Å². The number of rotatable bonds is 6. The van der Waals surface area contributed by atoms with E-state index < -0.39 is 23.6 Å². The van der Waals surface area contributed by atoms with Crippen molar-refractivity contribution in [1.29, 1.82) is 0 Å². The molecule has 0 bridgehead atoms. The van der Waals surface area contributed by atoms with Gasteiger partial charge in [0.15, 0.2) is 0 Å². The van der Waals surface area contributed by atoms with Gasteiger partial charge in [0, 0.05) is 0 Å². The maximum absolute atomic E-state index is 12.4. The number of benzene rings is 1. The molecule has 0 aliphatic rings. The Kier molecular flexibility index (Phi) is 5.35. The minimum absolute atomic E-state index is 0.216. The number of carbonyl (C=O) groups is 1. The lowest BCUT2D eigenvalue weighted by molar-refractivity contribution is -0.142. The number of halogens is 3. The zero-order valence-electron chi connectivity index (χ0n) is 10.3. The van der Waals surface area contributed by atoms with Gasteiger partial charge in [-0.25, -0.2) is 0 Å². The smallest absolute Gasteiger partial charge is 0.416 e. The van der Waals surface area contributed by atoms with Crippen molar-refractivity contribution in [2.75, 3.05) is 6.54 Å². The average molecular weight is 275 g/mol. The van der Waals surface area contributed by atoms with Crippen LogP contribution in [0.4, 0.5) is 13.2 Å². The first-order chi connectivity index (χ1) is 8.84. The lowest BCUT2D eigenvalue weighted by atomic mass is 9.94. The summed E-state index contributed by atoms with van der Waals surface area (Å²) in [7, 11) is 0. The Morgan fingerprint density at radius 3 is 2.26 bits per heavy atom. The predicted molar refractivity (Wildman–Crippen MR) is 64.6 cm³/mol. The molecule has 0 radical (unpaired) electrons. The normalized spacial score (nSPS) is 13.3. The molecule has 6 heteroatoms. The molecule has 0 heterocycles. The van der Waals surface area contributed by atoms with Crippen LogP contribution in [0.2, 0.25) is 0 Å². The molecule has 1 rings (SSSR count). The quantitative estimate of drug-likeness (QED) is 0.839. The first-order valence-electron chi connectivity index (χ1n) is 5.93.